The topological polar surface area (TPSA) is 108 Å². The van der Waals surface area contributed by atoms with E-state index in [-0.39, 0.29) is 25.1 Å². The third-order valence-corrected chi connectivity index (χ3v) is 5.63. The molecule has 8 nitrogen and oxygen atoms in total. The third kappa shape index (κ3) is 8.07. The Morgan fingerprint density at radius 2 is 1.79 bits per heavy atom. The van der Waals surface area contributed by atoms with Crippen molar-refractivity contribution in [1.82, 2.24) is 15.5 Å². The zero-order chi connectivity index (χ0) is 25.3. The average Bonchev–Trinajstić information content (AvgIpc) is 2.78. The number of nitrogens with one attached hydrogen (secondary N) is 2. The number of alkyl carbamates (subject to hydrolysis) is 1. The zero-order valence-corrected chi connectivity index (χ0v) is 20.6. The summed E-state index contributed by atoms with van der Waals surface area (Å²) in [6.07, 6.45) is 9.74. The molecule has 1 fully saturated rings. The van der Waals surface area contributed by atoms with E-state index in [2.05, 4.69) is 16.6 Å². The number of rotatable bonds is 8. The number of carbonyl (C=O) groups excluding carboxylic acids is 3. The number of aliphatic hydroxyl groups is 1. The van der Waals surface area contributed by atoms with Gasteiger partial charge in [-0.2, -0.15) is 0 Å². The van der Waals surface area contributed by atoms with Crippen LogP contribution >= 0.6 is 0 Å². The molecule has 2 atom stereocenters. The fourth-order valence-electron chi connectivity index (χ4n) is 4.03. The predicted molar refractivity (Wildman–Crippen MR) is 130 cm³/mol. The lowest BCUT2D eigenvalue weighted by Gasteiger charge is -2.34. The van der Waals surface area contributed by atoms with E-state index >= 15 is 0 Å². The van der Waals surface area contributed by atoms with Gasteiger partial charge >= 0.3 is 6.09 Å². The predicted octanol–water partition coefficient (Wildman–Crippen LogP) is 2.89. The van der Waals surface area contributed by atoms with Gasteiger partial charge in [0.1, 0.15) is 17.7 Å². The summed E-state index contributed by atoms with van der Waals surface area (Å²) in [5.41, 5.74) is 0.493. The minimum Gasteiger partial charge on any atom is -0.444 e. The van der Waals surface area contributed by atoms with Crippen molar-refractivity contribution in [2.75, 3.05) is 13.2 Å². The van der Waals surface area contributed by atoms with Crippen molar-refractivity contribution in [2.45, 2.75) is 83.5 Å². The van der Waals surface area contributed by atoms with E-state index in [9.17, 15) is 19.5 Å². The molecular weight excluding hydrogens is 434 g/mol. The van der Waals surface area contributed by atoms with Crippen molar-refractivity contribution in [2.24, 2.45) is 0 Å². The first-order chi connectivity index (χ1) is 16.1. The minimum absolute atomic E-state index is 0.0390. The summed E-state index contributed by atoms with van der Waals surface area (Å²) < 4.78 is 5.25. The van der Waals surface area contributed by atoms with Gasteiger partial charge in [0.05, 0.1) is 6.61 Å². The fraction of sp³-hybridized carbons (Fsp3) is 0.577. The summed E-state index contributed by atoms with van der Waals surface area (Å²) in [6, 6.07) is 4.92. The van der Waals surface area contributed by atoms with Crippen molar-refractivity contribution >= 4 is 17.9 Å². The van der Waals surface area contributed by atoms with E-state index in [1.807, 2.05) is 0 Å². The number of amides is 3. The second kappa shape index (κ2) is 12.4. The van der Waals surface area contributed by atoms with Gasteiger partial charge in [-0.05, 0) is 58.2 Å². The van der Waals surface area contributed by atoms with Gasteiger partial charge in [0, 0.05) is 18.2 Å². The van der Waals surface area contributed by atoms with Crippen molar-refractivity contribution in [3.8, 4) is 12.3 Å². The van der Waals surface area contributed by atoms with Crippen LogP contribution in [0, 0.1) is 12.3 Å². The second-order valence-corrected chi connectivity index (χ2v) is 9.64. The number of nitrogens with zero attached hydrogens (tertiary/aromatic N) is 1. The number of hydrogen-bond acceptors (Lipinski definition) is 5. The maximum Gasteiger partial charge on any atom is 0.408 e. The van der Waals surface area contributed by atoms with Gasteiger partial charge in [0.2, 0.25) is 11.8 Å². The lowest BCUT2D eigenvalue weighted by atomic mass is 9.94. The standard InChI is InChI=1S/C26H37N3O5/c1-6-19-12-14-20(15-13-19)22(23(31)28-21-10-8-7-9-11-21)29(16-17-30)24(32)18(2)27-25(33)34-26(3,4)5/h1,12-15,18,21-22,30H,7-11,16-17H2,2-5H3,(H,27,33)(H,28,31). The van der Waals surface area contributed by atoms with Crippen LogP contribution in [0.5, 0.6) is 0 Å². The van der Waals surface area contributed by atoms with Crippen molar-refractivity contribution in [1.29, 1.82) is 0 Å². The molecule has 2 rings (SSSR count). The molecule has 3 amide bonds. The van der Waals surface area contributed by atoms with Crippen molar-refractivity contribution < 1.29 is 24.2 Å². The summed E-state index contributed by atoms with van der Waals surface area (Å²) in [7, 11) is 0. The first kappa shape index (κ1) is 27.2. The van der Waals surface area contributed by atoms with Crippen LogP contribution in [0.2, 0.25) is 0 Å². The number of hydrogen-bond donors (Lipinski definition) is 3. The Morgan fingerprint density at radius 1 is 1.18 bits per heavy atom. The summed E-state index contributed by atoms with van der Waals surface area (Å²) in [6.45, 7) is 6.27. The maximum atomic E-state index is 13.5. The highest BCUT2D eigenvalue weighted by Gasteiger charge is 2.35. The van der Waals surface area contributed by atoms with Crippen molar-refractivity contribution in [3.05, 3.63) is 35.4 Å². The summed E-state index contributed by atoms with van der Waals surface area (Å²) in [4.78, 5) is 40.4. The molecule has 2 unspecified atom stereocenters. The average molecular weight is 472 g/mol. The Kier molecular flexibility index (Phi) is 9.94. The van der Waals surface area contributed by atoms with Crippen molar-refractivity contribution in [3.63, 3.8) is 0 Å². The maximum absolute atomic E-state index is 13.5. The Labute approximate surface area is 202 Å². The molecule has 0 bridgehead atoms. The minimum atomic E-state index is -0.990. The molecule has 34 heavy (non-hydrogen) atoms. The summed E-state index contributed by atoms with van der Waals surface area (Å²) in [5.74, 6) is 1.70. The molecule has 1 saturated carbocycles. The smallest absolute Gasteiger partial charge is 0.408 e. The number of carbonyl (C=O) groups is 3. The third-order valence-electron chi connectivity index (χ3n) is 5.63. The van der Waals surface area contributed by atoms with Gasteiger partial charge in [-0.25, -0.2) is 4.79 Å². The molecule has 0 aliphatic heterocycles. The van der Waals surface area contributed by atoms with Gasteiger partial charge in [-0.1, -0.05) is 37.3 Å². The van der Waals surface area contributed by atoms with E-state index in [1.165, 1.54) is 11.8 Å². The van der Waals surface area contributed by atoms with Crippen LogP contribution in [0.1, 0.15) is 77.0 Å². The van der Waals surface area contributed by atoms with Gasteiger partial charge in [0.15, 0.2) is 0 Å². The fourth-order valence-corrected chi connectivity index (χ4v) is 4.03. The SMILES string of the molecule is C#Cc1ccc(C(C(=O)NC2CCCCC2)N(CCO)C(=O)C(C)NC(=O)OC(C)(C)C)cc1. The largest absolute Gasteiger partial charge is 0.444 e. The van der Waals surface area contributed by atoms with Crippen LogP contribution in [-0.4, -0.2) is 58.8 Å². The Morgan fingerprint density at radius 3 is 2.32 bits per heavy atom. The monoisotopic (exact) mass is 471 g/mol. The molecule has 1 aromatic carbocycles. The van der Waals surface area contributed by atoms with Crippen LogP contribution in [0.25, 0.3) is 0 Å². The first-order valence-electron chi connectivity index (χ1n) is 11.8. The van der Waals surface area contributed by atoms with Crippen LogP contribution in [0.3, 0.4) is 0 Å². The molecule has 3 N–H and O–H groups in total. The van der Waals surface area contributed by atoms with Gasteiger partial charge in [0.25, 0.3) is 0 Å². The van der Waals surface area contributed by atoms with E-state index in [4.69, 9.17) is 11.2 Å². The van der Waals surface area contributed by atoms with Crippen LogP contribution in [0.15, 0.2) is 24.3 Å². The molecule has 1 aromatic rings. The van der Waals surface area contributed by atoms with Crippen LogP contribution < -0.4 is 10.6 Å². The van der Waals surface area contributed by atoms with E-state index in [0.717, 1.165) is 32.1 Å². The normalized spacial score (nSPS) is 16.0. The number of ether oxygens (including phenoxy) is 1. The molecule has 0 heterocycles. The van der Waals surface area contributed by atoms with E-state index in [1.54, 1.807) is 45.0 Å². The molecule has 1 aliphatic rings. The molecule has 0 spiro atoms. The molecule has 0 radical (unpaired) electrons. The highest BCUT2D eigenvalue weighted by molar-refractivity contribution is 5.92. The molecule has 8 heteroatoms. The lowest BCUT2D eigenvalue weighted by Crippen LogP contribution is -2.53. The number of benzene rings is 1. The molecular formula is C26H37N3O5. The Bertz CT molecular complexity index is 879. The highest BCUT2D eigenvalue weighted by atomic mass is 16.6. The van der Waals surface area contributed by atoms with Crippen LogP contribution in [-0.2, 0) is 14.3 Å². The van der Waals surface area contributed by atoms with Gasteiger partial charge < -0.3 is 25.4 Å². The molecule has 0 aromatic heterocycles. The van der Waals surface area contributed by atoms with E-state index in [0.29, 0.717) is 11.1 Å². The molecule has 0 saturated heterocycles. The molecule has 186 valence electrons. The lowest BCUT2D eigenvalue weighted by molar-refractivity contribution is -0.143. The van der Waals surface area contributed by atoms with E-state index < -0.39 is 29.7 Å². The first-order valence-corrected chi connectivity index (χ1v) is 11.8. The Hall–Kier alpha value is -3.05. The number of terminal acetylenes is 1. The molecule has 1 aliphatic carbocycles. The summed E-state index contributed by atoms with van der Waals surface area (Å²) >= 11 is 0. The zero-order valence-electron chi connectivity index (χ0n) is 20.6. The Balaban J connectivity index is 2.32. The quantitative estimate of drug-likeness (QED) is 0.506. The van der Waals surface area contributed by atoms with Gasteiger partial charge in [-0.3, -0.25) is 9.59 Å². The highest BCUT2D eigenvalue weighted by Crippen LogP contribution is 2.25. The number of aliphatic hydroxyl groups excluding tert-OH is 1. The van der Waals surface area contributed by atoms with Gasteiger partial charge in [-0.15, -0.1) is 6.42 Å². The second-order valence-electron chi connectivity index (χ2n) is 9.64. The summed E-state index contributed by atoms with van der Waals surface area (Å²) in [5, 5.41) is 15.3. The van der Waals surface area contributed by atoms with Crippen LogP contribution in [0.4, 0.5) is 4.79 Å².